The van der Waals surface area contributed by atoms with E-state index in [0.29, 0.717) is 13.2 Å². The molecule has 0 radical (unpaired) electrons. The van der Waals surface area contributed by atoms with Gasteiger partial charge in [-0.3, -0.25) is 0 Å². The van der Waals surface area contributed by atoms with Crippen molar-refractivity contribution in [2.24, 2.45) is 0 Å². The molecule has 0 aromatic carbocycles. The Labute approximate surface area is 93.2 Å². The van der Waals surface area contributed by atoms with Crippen LogP contribution in [0.1, 0.15) is 26.7 Å². The van der Waals surface area contributed by atoms with Gasteiger partial charge in [-0.15, -0.1) is 0 Å². The van der Waals surface area contributed by atoms with Gasteiger partial charge in [-0.1, -0.05) is 36.8 Å². The van der Waals surface area contributed by atoms with E-state index in [2.05, 4.69) is 36.8 Å². The van der Waals surface area contributed by atoms with Crippen molar-refractivity contribution >= 4 is 0 Å². The first-order valence-corrected chi connectivity index (χ1v) is 4.99. The van der Waals surface area contributed by atoms with Gasteiger partial charge in [-0.2, -0.15) is 0 Å². The zero-order valence-corrected chi connectivity index (χ0v) is 9.65. The molecule has 0 aromatic heterocycles. The smallest absolute Gasteiger partial charge is 0.0576 e. The van der Waals surface area contributed by atoms with Crippen molar-refractivity contribution in [1.29, 1.82) is 0 Å². The van der Waals surface area contributed by atoms with Gasteiger partial charge in [-0.25, -0.2) is 0 Å². The maximum Gasteiger partial charge on any atom is 0.0576 e. The molecule has 0 saturated carbocycles. The third-order valence-electron chi connectivity index (χ3n) is 1.35. The average molecular weight is 202 g/mol. The summed E-state index contributed by atoms with van der Waals surface area (Å²) in [5.41, 5.74) is 1.78. The third-order valence-corrected chi connectivity index (χ3v) is 1.35. The predicted molar refractivity (Wildman–Crippen MR) is 65.2 cm³/mol. The minimum atomic E-state index is 0.662. The van der Waals surface area contributed by atoms with E-state index in [0.717, 1.165) is 24.0 Å². The fourth-order valence-corrected chi connectivity index (χ4v) is 0.775. The lowest BCUT2D eigenvalue weighted by Gasteiger charge is -1.96. The molecule has 0 N–H and O–H groups in total. The van der Waals surface area contributed by atoms with Gasteiger partial charge in [0.15, 0.2) is 0 Å². The van der Waals surface area contributed by atoms with Gasteiger partial charge in [-0.05, 0) is 25.0 Å². The second-order valence-electron chi connectivity index (χ2n) is 3.28. The average Bonchev–Trinajstić information content (AvgIpc) is 2.14. The van der Waals surface area contributed by atoms with Crippen LogP contribution in [0.15, 0.2) is 24.3 Å². The molecule has 0 spiro atoms. The van der Waals surface area contributed by atoms with E-state index in [1.807, 2.05) is 13.8 Å². The number of ether oxygens (including phenoxy) is 1. The molecule has 0 saturated heterocycles. The molecular weight excluding hydrogens is 184 g/mol. The number of allylic oxidation sites excluding steroid dienone is 2. The topological polar surface area (TPSA) is 9.23 Å². The molecule has 80 valence electrons. The molecule has 0 rings (SSSR count). The number of hydrogen-bond acceptors (Lipinski definition) is 1. The lowest BCUT2D eigenvalue weighted by atomic mass is 10.3. The summed E-state index contributed by atoms with van der Waals surface area (Å²) in [4.78, 5) is 0. The fourth-order valence-electron chi connectivity index (χ4n) is 0.775. The van der Waals surface area contributed by atoms with Crippen LogP contribution in [0.2, 0.25) is 0 Å². The summed E-state index contributed by atoms with van der Waals surface area (Å²) in [6.07, 6.45) is 1.50. The minimum Gasteiger partial charge on any atom is -0.379 e. The standard InChI is InChI=1S/C14H18O/c1-13(2)9-5-7-11-15-12-8-6-10-14(3)4/h1,3,7-8,11-12H2,2,4H3. The fraction of sp³-hybridized carbons (Fsp3) is 0.429. The molecule has 0 unspecified atom stereocenters. The van der Waals surface area contributed by atoms with Crippen molar-refractivity contribution < 1.29 is 4.74 Å². The summed E-state index contributed by atoms with van der Waals surface area (Å²) < 4.78 is 5.33. The van der Waals surface area contributed by atoms with Gasteiger partial charge >= 0.3 is 0 Å². The highest BCUT2D eigenvalue weighted by Crippen LogP contribution is 1.87. The van der Waals surface area contributed by atoms with Crippen LogP contribution < -0.4 is 0 Å². The first kappa shape index (κ1) is 13.6. The second-order valence-corrected chi connectivity index (χ2v) is 3.28. The lowest BCUT2D eigenvalue weighted by Crippen LogP contribution is -1.94. The molecule has 0 aliphatic carbocycles. The maximum absolute atomic E-state index is 5.33. The van der Waals surface area contributed by atoms with Gasteiger partial charge in [0, 0.05) is 12.8 Å². The van der Waals surface area contributed by atoms with Crippen molar-refractivity contribution in [3.63, 3.8) is 0 Å². The predicted octanol–water partition coefficient (Wildman–Crippen LogP) is 2.94. The quantitative estimate of drug-likeness (QED) is 0.503. The van der Waals surface area contributed by atoms with Gasteiger partial charge in [0.25, 0.3) is 0 Å². The zero-order chi connectivity index (χ0) is 11.5. The molecule has 0 atom stereocenters. The van der Waals surface area contributed by atoms with E-state index < -0.39 is 0 Å². The Hall–Kier alpha value is -1.44. The van der Waals surface area contributed by atoms with Gasteiger partial charge in [0.2, 0.25) is 0 Å². The maximum atomic E-state index is 5.33. The second kappa shape index (κ2) is 9.13. The van der Waals surface area contributed by atoms with E-state index in [1.165, 1.54) is 0 Å². The molecule has 15 heavy (non-hydrogen) atoms. The van der Waals surface area contributed by atoms with Crippen molar-refractivity contribution in [2.75, 3.05) is 13.2 Å². The highest BCUT2D eigenvalue weighted by atomic mass is 16.5. The Morgan fingerprint density at radius 1 is 0.933 bits per heavy atom. The first-order valence-electron chi connectivity index (χ1n) is 4.99. The molecule has 0 aliphatic rings. The summed E-state index contributed by atoms with van der Waals surface area (Å²) in [6, 6.07) is 0. The van der Waals surface area contributed by atoms with E-state index >= 15 is 0 Å². The van der Waals surface area contributed by atoms with Crippen molar-refractivity contribution in [1.82, 2.24) is 0 Å². The summed E-state index contributed by atoms with van der Waals surface area (Å²) in [6.45, 7) is 12.5. The SMILES string of the molecule is C=C(C)C#CCCOCCC#CC(=C)C. The van der Waals surface area contributed by atoms with Crippen LogP contribution in [-0.4, -0.2) is 13.2 Å². The van der Waals surface area contributed by atoms with Crippen LogP contribution in [-0.2, 0) is 4.74 Å². The summed E-state index contributed by atoms with van der Waals surface area (Å²) in [7, 11) is 0. The molecule has 1 nitrogen and oxygen atoms in total. The normalized spacial score (nSPS) is 8.13. The van der Waals surface area contributed by atoms with Crippen molar-refractivity contribution in [3.05, 3.63) is 24.3 Å². The molecular formula is C14H18O. The van der Waals surface area contributed by atoms with Crippen LogP contribution in [0, 0.1) is 23.7 Å². The highest BCUT2D eigenvalue weighted by Gasteiger charge is 1.84. The van der Waals surface area contributed by atoms with E-state index in [-0.39, 0.29) is 0 Å². The minimum absolute atomic E-state index is 0.662. The lowest BCUT2D eigenvalue weighted by molar-refractivity contribution is 0.146. The number of rotatable bonds is 4. The van der Waals surface area contributed by atoms with Crippen LogP contribution in [0.25, 0.3) is 0 Å². The molecule has 0 bridgehead atoms. The van der Waals surface area contributed by atoms with Gasteiger partial charge in [0.1, 0.15) is 0 Å². The van der Waals surface area contributed by atoms with Crippen LogP contribution in [0.5, 0.6) is 0 Å². The van der Waals surface area contributed by atoms with Crippen LogP contribution in [0.3, 0.4) is 0 Å². The van der Waals surface area contributed by atoms with Crippen molar-refractivity contribution in [2.45, 2.75) is 26.7 Å². The van der Waals surface area contributed by atoms with Gasteiger partial charge < -0.3 is 4.74 Å². The Morgan fingerprint density at radius 2 is 1.33 bits per heavy atom. The monoisotopic (exact) mass is 202 g/mol. The Kier molecular flexibility index (Phi) is 8.25. The summed E-state index contributed by atoms with van der Waals surface area (Å²) >= 11 is 0. The molecule has 0 aliphatic heterocycles. The Bertz CT molecular complexity index is 294. The largest absolute Gasteiger partial charge is 0.379 e. The first-order chi connectivity index (χ1) is 7.13. The molecule has 0 fully saturated rings. The highest BCUT2D eigenvalue weighted by molar-refractivity contribution is 5.23. The van der Waals surface area contributed by atoms with Crippen LogP contribution in [0.4, 0.5) is 0 Å². The number of hydrogen-bond donors (Lipinski definition) is 0. The molecule has 0 heterocycles. The van der Waals surface area contributed by atoms with Crippen molar-refractivity contribution in [3.8, 4) is 23.7 Å². The Morgan fingerprint density at radius 3 is 1.67 bits per heavy atom. The summed E-state index contributed by atoms with van der Waals surface area (Å²) in [5.74, 6) is 11.7. The van der Waals surface area contributed by atoms with Crippen LogP contribution >= 0.6 is 0 Å². The van der Waals surface area contributed by atoms with E-state index in [9.17, 15) is 0 Å². The van der Waals surface area contributed by atoms with E-state index in [1.54, 1.807) is 0 Å². The molecule has 0 amide bonds. The Balaban J connectivity index is 3.35. The summed E-state index contributed by atoms with van der Waals surface area (Å²) in [5, 5.41) is 0. The zero-order valence-electron chi connectivity index (χ0n) is 9.65. The van der Waals surface area contributed by atoms with Gasteiger partial charge in [0.05, 0.1) is 13.2 Å². The van der Waals surface area contributed by atoms with E-state index in [4.69, 9.17) is 4.74 Å². The molecule has 0 aromatic rings. The molecule has 1 heteroatoms. The third kappa shape index (κ3) is 12.6.